The Labute approximate surface area is 130 Å². The number of ether oxygens (including phenoxy) is 1. The third kappa shape index (κ3) is 3.32. The van der Waals surface area contributed by atoms with Crippen LogP contribution in [0.1, 0.15) is 27.7 Å². The van der Waals surface area contributed by atoms with Crippen molar-refractivity contribution in [3.63, 3.8) is 0 Å². The van der Waals surface area contributed by atoms with E-state index in [1.807, 2.05) is 13.8 Å². The molecule has 22 heavy (non-hydrogen) atoms. The quantitative estimate of drug-likeness (QED) is 0.827. The van der Waals surface area contributed by atoms with Gasteiger partial charge in [-0.3, -0.25) is 14.5 Å². The Morgan fingerprint density at radius 1 is 1.41 bits per heavy atom. The van der Waals surface area contributed by atoms with Crippen LogP contribution < -0.4 is 20.7 Å². The molecule has 120 valence electrons. The lowest BCUT2D eigenvalue weighted by molar-refractivity contribution is -0.134. The third-order valence-corrected chi connectivity index (χ3v) is 3.41. The number of benzene rings is 1. The normalized spacial score (nSPS) is 16.2. The molecule has 0 saturated heterocycles. The zero-order valence-corrected chi connectivity index (χ0v) is 13.5. The van der Waals surface area contributed by atoms with Crippen molar-refractivity contribution in [3.05, 3.63) is 18.2 Å². The molecular weight excluding hydrogens is 282 g/mol. The van der Waals surface area contributed by atoms with Gasteiger partial charge in [0.2, 0.25) is 5.91 Å². The van der Waals surface area contributed by atoms with Gasteiger partial charge in [-0.25, -0.2) is 0 Å². The molecule has 0 saturated carbocycles. The van der Waals surface area contributed by atoms with Crippen LogP contribution in [0.4, 0.5) is 11.4 Å². The minimum atomic E-state index is -1.01. The molecule has 0 atom stereocenters. The Bertz CT molecular complexity index is 596. The molecular formula is C16H23N3O3. The Balaban J connectivity index is 2.26. The van der Waals surface area contributed by atoms with Gasteiger partial charge in [0.25, 0.3) is 5.91 Å². The molecule has 1 aromatic rings. The monoisotopic (exact) mass is 305 g/mol. The number of rotatable bonds is 4. The van der Waals surface area contributed by atoms with Crippen molar-refractivity contribution in [2.45, 2.75) is 33.3 Å². The summed E-state index contributed by atoms with van der Waals surface area (Å²) in [7, 11) is 0. The highest BCUT2D eigenvalue weighted by Gasteiger charge is 2.41. The molecule has 0 radical (unpaired) electrons. The summed E-state index contributed by atoms with van der Waals surface area (Å²) >= 11 is 0. The van der Waals surface area contributed by atoms with E-state index >= 15 is 0 Å². The Hall–Kier alpha value is -2.24. The molecule has 1 aliphatic heterocycles. The first-order valence-corrected chi connectivity index (χ1v) is 7.38. The topological polar surface area (TPSA) is 84.7 Å². The maximum absolute atomic E-state index is 12.6. The lowest BCUT2D eigenvalue weighted by atomic mass is 10.0. The van der Waals surface area contributed by atoms with Gasteiger partial charge in [0.1, 0.15) is 12.3 Å². The summed E-state index contributed by atoms with van der Waals surface area (Å²) in [6, 6.07) is 5.08. The molecule has 1 aromatic carbocycles. The number of nitrogen functional groups attached to an aromatic ring is 1. The first-order chi connectivity index (χ1) is 10.2. The summed E-state index contributed by atoms with van der Waals surface area (Å²) in [5.74, 6) is 0.442. The highest BCUT2D eigenvalue weighted by atomic mass is 16.5. The first-order valence-electron chi connectivity index (χ1n) is 7.38. The summed E-state index contributed by atoms with van der Waals surface area (Å²) in [6.07, 6.45) is 0. The van der Waals surface area contributed by atoms with Crippen LogP contribution in [-0.2, 0) is 9.59 Å². The van der Waals surface area contributed by atoms with Gasteiger partial charge < -0.3 is 15.8 Å². The van der Waals surface area contributed by atoms with E-state index in [0.717, 1.165) is 0 Å². The van der Waals surface area contributed by atoms with E-state index in [4.69, 9.17) is 10.5 Å². The molecule has 0 spiro atoms. The number of hydrogen-bond acceptors (Lipinski definition) is 4. The van der Waals surface area contributed by atoms with Gasteiger partial charge >= 0.3 is 0 Å². The van der Waals surface area contributed by atoms with Crippen molar-refractivity contribution in [2.75, 3.05) is 23.7 Å². The second kappa shape index (κ2) is 5.87. The fourth-order valence-electron chi connectivity index (χ4n) is 2.26. The third-order valence-electron chi connectivity index (χ3n) is 3.41. The number of carbonyl (C=O) groups is 2. The van der Waals surface area contributed by atoms with Crippen LogP contribution in [0.15, 0.2) is 18.2 Å². The van der Waals surface area contributed by atoms with Gasteiger partial charge in [-0.2, -0.15) is 0 Å². The fraction of sp³-hybridized carbons (Fsp3) is 0.500. The average Bonchev–Trinajstić information content (AvgIpc) is 2.42. The first kappa shape index (κ1) is 16.1. The minimum Gasteiger partial charge on any atom is -0.476 e. The molecule has 6 heteroatoms. The summed E-state index contributed by atoms with van der Waals surface area (Å²) in [6.45, 7) is 7.93. The van der Waals surface area contributed by atoms with Crippen molar-refractivity contribution < 1.29 is 14.3 Å². The largest absolute Gasteiger partial charge is 0.476 e. The van der Waals surface area contributed by atoms with Crippen LogP contribution in [0.5, 0.6) is 5.75 Å². The van der Waals surface area contributed by atoms with Crippen LogP contribution in [0.3, 0.4) is 0 Å². The van der Waals surface area contributed by atoms with Gasteiger partial charge in [-0.1, -0.05) is 13.8 Å². The Morgan fingerprint density at radius 2 is 2.09 bits per heavy atom. The average molecular weight is 305 g/mol. The van der Waals surface area contributed by atoms with E-state index < -0.39 is 5.60 Å². The van der Waals surface area contributed by atoms with Gasteiger partial charge in [0.05, 0.1) is 5.69 Å². The number of nitrogens with two attached hydrogens (primary N) is 1. The van der Waals surface area contributed by atoms with Gasteiger partial charge in [-0.05, 0) is 38.0 Å². The second-order valence-corrected chi connectivity index (χ2v) is 6.43. The number of fused-ring (bicyclic) bond motifs is 1. The molecule has 1 aliphatic rings. The van der Waals surface area contributed by atoms with Crippen LogP contribution in [0.2, 0.25) is 0 Å². The number of nitrogens with one attached hydrogen (secondary N) is 1. The van der Waals surface area contributed by atoms with Gasteiger partial charge in [-0.15, -0.1) is 0 Å². The van der Waals surface area contributed by atoms with E-state index in [9.17, 15) is 9.59 Å². The van der Waals surface area contributed by atoms with Crippen LogP contribution in [0, 0.1) is 5.92 Å². The van der Waals surface area contributed by atoms with Crippen molar-refractivity contribution in [3.8, 4) is 5.75 Å². The van der Waals surface area contributed by atoms with Crippen molar-refractivity contribution in [1.82, 2.24) is 5.32 Å². The predicted octanol–water partition coefficient (Wildman–Crippen LogP) is 1.54. The van der Waals surface area contributed by atoms with E-state index in [0.29, 0.717) is 29.6 Å². The highest BCUT2D eigenvalue weighted by Crippen LogP contribution is 2.38. The molecule has 0 unspecified atom stereocenters. The van der Waals surface area contributed by atoms with Crippen LogP contribution >= 0.6 is 0 Å². The minimum absolute atomic E-state index is 0.0468. The van der Waals surface area contributed by atoms with Gasteiger partial charge in [0, 0.05) is 12.2 Å². The molecule has 0 bridgehead atoms. The van der Waals surface area contributed by atoms with E-state index in [1.54, 1.807) is 32.0 Å². The Morgan fingerprint density at radius 3 is 2.73 bits per heavy atom. The molecule has 2 rings (SSSR count). The van der Waals surface area contributed by atoms with Crippen molar-refractivity contribution >= 4 is 23.2 Å². The number of amides is 2. The lowest BCUT2D eigenvalue weighted by Crippen LogP contribution is -2.55. The lowest BCUT2D eigenvalue weighted by Gasteiger charge is -2.38. The van der Waals surface area contributed by atoms with E-state index in [-0.39, 0.29) is 18.4 Å². The fourth-order valence-corrected chi connectivity index (χ4v) is 2.26. The van der Waals surface area contributed by atoms with Crippen LogP contribution in [-0.4, -0.2) is 30.5 Å². The maximum atomic E-state index is 12.6. The molecule has 0 aromatic heterocycles. The predicted molar refractivity (Wildman–Crippen MR) is 85.8 cm³/mol. The standard InChI is InChI=1S/C16H23N3O3/c1-10(2)8-18-14(20)9-19-12-7-11(17)5-6-13(12)22-16(3,4)15(19)21/h5-7,10H,8-9,17H2,1-4H3,(H,18,20). The number of nitrogens with zero attached hydrogens (tertiary/aromatic N) is 1. The summed E-state index contributed by atoms with van der Waals surface area (Å²) in [4.78, 5) is 26.1. The van der Waals surface area contributed by atoms with Crippen molar-refractivity contribution in [1.29, 1.82) is 0 Å². The molecule has 3 N–H and O–H groups in total. The van der Waals surface area contributed by atoms with E-state index in [2.05, 4.69) is 5.32 Å². The van der Waals surface area contributed by atoms with Gasteiger partial charge in [0.15, 0.2) is 5.60 Å². The molecule has 0 fully saturated rings. The highest BCUT2D eigenvalue weighted by molar-refractivity contribution is 6.06. The second-order valence-electron chi connectivity index (χ2n) is 6.43. The molecule has 2 amide bonds. The number of hydrogen-bond donors (Lipinski definition) is 2. The smallest absolute Gasteiger partial charge is 0.271 e. The summed E-state index contributed by atoms with van der Waals surface area (Å²) in [5, 5.41) is 2.82. The number of anilines is 2. The summed E-state index contributed by atoms with van der Waals surface area (Å²) < 4.78 is 5.72. The van der Waals surface area contributed by atoms with Crippen LogP contribution in [0.25, 0.3) is 0 Å². The zero-order chi connectivity index (χ0) is 16.5. The molecule has 6 nitrogen and oxygen atoms in total. The molecule has 1 heterocycles. The van der Waals surface area contributed by atoms with E-state index in [1.165, 1.54) is 4.90 Å². The Kier molecular flexibility index (Phi) is 4.30. The van der Waals surface area contributed by atoms with Crippen molar-refractivity contribution in [2.24, 2.45) is 5.92 Å². The SMILES string of the molecule is CC(C)CNC(=O)CN1C(=O)C(C)(C)Oc2ccc(N)cc21. The molecule has 0 aliphatic carbocycles. The maximum Gasteiger partial charge on any atom is 0.271 e. The number of carbonyl (C=O) groups excluding carboxylic acids is 2. The summed E-state index contributed by atoms with van der Waals surface area (Å²) in [5.41, 5.74) is 5.83. The zero-order valence-electron chi connectivity index (χ0n) is 13.5.